The Morgan fingerprint density at radius 1 is 0.378 bits per heavy atom. The number of rotatable bonds is 41. The maximum atomic E-state index is 13.8. The summed E-state index contributed by atoms with van der Waals surface area (Å²) in [5, 5.41) is 8.84. The van der Waals surface area contributed by atoms with Crippen LogP contribution in [0.5, 0.6) is 0 Å². The number of hydrogen-bond acceptors (Lipinski definition) is 12. The number of thiophene rings is 6. The minimum Gasteiger partial charge on any atom is -0.462 e. The van der Waals surface area contributed by atoms with Gasteiger partial charge in [0.2, 0.25) is 0 Å². The molecule has 6 heterocycles. The summed E-state index contributed by atoms with van der Waals surface area (Å²) in [5.41, 5.74) is 7.06. The van der Waals surface area contributed by atoms with Gasteiger partial charge in [-0.1, -0.05) is 152 Å². The Balaban J connectivity index is 0.875. The predicted molar refractivity (Wildman–Crippen MR) is 336 cm³/mol. The summed E-state index contributed by atoms with van der Waals surface area (Å²) in [6.45, 7) is 10.0. The molecular formula is C62H86O4S8. The van der Waals surface area contributed by atoms with Crippen LogP contribution in [0, 0.1) is 0 Å². The molecule has 6 aromatic rings. The van der Waals surface area contributed by atoms with Gasteiger partial charge in [0, 0.05) is 40.8 Å². The van der Waals surface area contributed by atoms with Crippen molar-refractivity contribution in [2.75, 3.05) is 24.7 Å². The molecule has 0 saturated heterocycles. The van der Waals surface area contributed by atoms with Gasteiger partial charge in [0.25, 0.3) is 0 Å². The average Bonchev–Trinajstić information content (AvgIpc) is 4.29. The number of carbonyl (C=O) groups excluding carboxylic acids is 2. The zero-order chi connectivity index (χ0) is 52.0. The van der Waals surface area contributed by atoms with E-state index in [1.54, 1.807) is 45.3 Å². The van der Waals surface area contributed by atoms with Crippen molar-refractivity contribution >= 4 is 102 Å². The van der Waals surface area contributed by atoms with E-state index in [4.69, 9.17) is 9.47 Å². The van der Waals surface area contributed by atoms with E-state index in [2.05, 4.69) is 85.6 Å². The summed E-state index contributed by atoms with van der Waals surface area (Å²) < 4.78 is 12.1. The summed E-state index contributed by atoms with van der Waals surface area (Å²) in [7, 11) is 3.98. The molecule has 6 rings (SSSR count). The van der Waals surface area contributed by atoms with Crippen LogP contribution in [0.1, 0.15) is 225 Å². The van der Waals surface area contributed by atoms with E-state index in [9.17, 15) is 9.59 Å². The second-order valence-corrected chi connectivity index (χ2v) is 28.3. The van der Waals surface area contributed by atoms with Crippen LogP contribution < -0.4 is 0 Å². The standard InChI is InChI=1S/C62H86O4S8/c1-5-9-13-21-29-47-33-41-67-55(47)53-45-51(59(73-53)57-49(35-43-69-57)31-23-15-11-7-3)61(63)65-37-25-17-19-27-39-71-72-40-28-20-18-26-38-66-62(64)52-46-54(56-48(34-42-68-56)30-22-14-10-6-2)74-60(52)58-50(36-44-70-58)32-24-16-12-8-4/h33-36,41-46H,5-32,37-40H2,1-4H3. The first-order chi connectivity index (χ1) is 36.5. The summed E-state index contributed by atoms with van der Waals surface area (Å²) >= 11 is 10.7. The first-order valence-corrected chi connectivity index (χ1v) is 36.2. The summed E-state index contributed by atoms with van der Waals surface area (Å²) in [4.78, 5) is 37.4. The number of esters is 2. The minimum atomic E-state index is -0.171. The van der Waals surface area contributed by atoms with Crippen molar-refractivity contribution in [1.29, 1.82) is 0 Å². The zero-order valence-corrected chi connectivity index (χ0v) is 51.8. The Morgan fingerprint density at radius 3 is 1.04 bits per heavy atom. The molecule has 0 atom stereocenters. The van der Waals surface area contributed by atoms with Gasteiger partial charge in [0.15, 0.2) is 0 Å². The van der Waals surface area contributed by atoms with Crippen LogP contribution >= 0.6 is 89.6 Å². The van der Waals surface area contributed by atoms with E-state index >= 15 is 0 Å². The predicted octanol–water partition coefficient (Wildman–Crippen LogP) is 22.7. The van der Waals surface area contributed by atoms with Crippen molar-refractivity contribution in [2.45, 2.75) is 207 Å². The monoisotopic (exact) mass is 1150 g/mol. The molecule has 12 heteroatoms. The highest BCUT2D eigenvalue weighted by molar-refractivity contribution is 8.76. The first kappa shape index (κ1) is 61.1. The van der Waals surface area contributed by atoms with Crippen LogP contribution in [-0.4, -0.2) is 36.7 Å². The fourth-order valence-corrected chi connectivity index (χ4v) is 18.5. The first-order valence-electron chi connectivity index (χ1n) is 28.6. The second-order valence-electron chi connectivity index (χ2n) is 19.8. The van der Waals surface area contributed by atoms with E-state index in [0.29, 0.717) is 13.2 Å². The van der Waals surface area contributed by atoms with Crippen molar-refractivity contribution in [3.8, 4) is 39.0 Å². The van der Waals surface area contributed by atoms with Gasteiger partial charge in [-0.3, -0.25) is 0 Å². The molecule has 0 N–H and O–H groups in total. The second kappa shape index (κ2) is 36.1. The number of unbranched alkanes of at least 4 members (excludes halogenated alkanes) is 18. The molecule has 0 amide bonds. The Hall–Kier alpha value is -2.16. The molecule has 406 valence electrons. The number of hydrogen-bond donors (Lipinski definition) is 0. The Kier molecular flexibility index (Phi) is 29.8. The molecule has 0 spiro atoms. The largest absolute Gasteiger partial charge is 0.462 e. The highest BCUT2D eigenvalue weighted by atomic mass is 33.1. The van der Waals surface area contributed by atoms with Crippen molar-refractivity contribution in [3.05, 3.63) is 91.3 Å². The third-order valence-corrected chi connectivity index (χ3v) is 23.1. The summed E-state index contributed by atoms with van der Waals surface area (Å²) in [6.07, 6.45) is 32.9. The van der Waals surface area contributed by atoms with Gasteiger partial charge >= 0.3 is 11.9 Å². The SMILES string of the molecule is CCCCCCc1ccsc1-c1cc(C(=O)OCCCCCCSSCCCCCCOC(=O)c2cc(-c3sccc3CCCCCC)sc2-c2sccc2CCCCCC)c(-c2sccc2CCCCCC)s1. The van der Waals surface area contributed by atoms with E-state index in [-0.39, 0.29) is 11.9 Å². The van der Waals surface area contributed by atoms with Crippen LogP contribution in [0.2, 0.25) is 0 Å². The van der Waals surface area contributed by atoms with Gasteiger partial charge in [-0.25, -0.2) is 9.59 Å². The van der Waals surface area contributed by atoms with Crippen LogP contribution in [0.4, 0.5) is 0 Å². The fourth-order valence-electron chi connectivity index (χ4n) is 9.41. The highest BCUT2D eigenvalue weighted by Crippen LogP contribution is 2.47. The van der Waals surface area contributed by atoms with E-state index in [0.717, 1.165) is 96.6 Å². The van der Waals surface area contributed by atoms with Gasteiger partial charge in [-0.15, -0.1) is 68.0 Å². The third kappa shape index (κ3) is 19.9. The normalized spacial score (nSPS) is 11.6. The molecular weight excluding hydrogens is 1070 g/mol. The van der Waals surface area contributed by atoms with Crippen molar-refractivity contribution in [1.82, 2.24) is 0 Å². The van der Waals surface area contributed by atoms with Gasteiger partial charge < -0.3 is 9.47 Å². The molecule has 0 aromatic carbocycles. The maximum absolute atomic E-state index is 13.8. The highest BCUT2D eigenvalue weighted by Gasteiger charge is 2.25. The topological polar surface area (TPSA) is 52.6 Å². The third-order valence-electron chi connectivity index (χ3n) is 13.7. The van der Waals surface area contributed by atoms with Crippen molar-refractivity contribution < 1.29 is 19.1 Å². The molecule has 0 fully saturated rings. The molecule has 0 saturated carbocycles. The number of carbonyl (C=O) groups is 2. The van der Waals surface area contributed by atoms with Crippen LogP contribution in [0.25, 0.3) is 39.0 Å². The molecule has 0 aliphatic heterocycles. The van der Waals surface area contributed by atoms with Crippen LogP contribution in [0.15, 0.2) is 57.9 Å². The average molecular weight is 1150 g/mol. The minimum absolute atomic E-state index is 0.171. The maximum Gasteiger partial charge on any atom is 0.339 e. The lowest BCUT2D eigenvalue weighted by molar-refractivity contribution is 0.0490. The summed E-state index contributed by atoms with van der Waals surface area (Å²) in [5.74, 6) is 1.96. The van der Waals surface area contributed by atoms with Gasteiger partial charge in [-0.2, -0.15) is 0 Å². The van der Waals surface area contributed by atoms with E-state index in [1.165, 1.54) is 167 Å². The molecule has 0 aliphatic carbocycles. The van der Waals surface area contributed by atoms with Gasteiger partial charge in [0.1, 0.15) is 0 Å². The Morgan fingerprint density at radius 2 is 0.689 bits per heavy atom. The molecule has 0 bridgehead atoms. The number of aryl methyl sites for hydroxylation is 4. The lowest BCUT2D eigenvalue weighted by Crippen LogP contribution is -2.06. The quantitative estimate of drug-likeness (QED) is 0.0217. The van der Waals surface area contributed by atoms with E-state index in [1.807, 2.05) is 44.3 Å². The number of ether oxygens (including phenoxy) is 2. The Labute approximate surface area is 479 Å². The Bertz CT molecular complexity index is 2290. The lowest BCUT2D eigenvalue weighted by Gasteiger charge is -2.07. The molecule has 0 unspecified atom stereocenters. The van der Waals surface area contributed by atoms with Crippen LogP contribution in [-0.2, 0) is 35.2 Å². The van der Waals surface area contributed by atoms with Crippen molar-refractivity contribution in [3.63, 3.8) is 0 Å². The fraction of sp³-hybridized carbons (Fsp3) is 0.581. The molecule has 0 radical (unpaired) electrons. The lowest BCUT2D eigenvalue weighted by atomic mass is 10.0. The van der Waals surface area contributed by atoms with Gasteiger partial charge in [0.05, 0.1) is 34.1 Å². The van der Waals surface area contributed by atoms with E-state index < -0.39 is 0 Å². The molecule has 74 heavy (non-hydrogen) atoms. The molecule has 6 aromatic heterocycles. The van der Waals surface area contributed by atoms with Crippen molar-refractivity contribution in [2.24, 2.45) is 0 Å². The molecule has 4 nitrogen and oxygen atoms in total. The smallest absolute Gasteiger partial charge is 0.339 e. The zero-order valence-electron chi connectivity index (χ0n) is 45.3. The van der Waals surface area contributed by atoms with Crippen LogP contribution in [0.3, 0.4) is 0 Å². The molecule has 0 aliphatic rings. The summed E-state index contributed by atoms with van der Waals surface area (Å²) in [6, 6.07) is 13.4. The van der Waals surface area contributed by atoms with Gasteiger partial charge in [-0.05, 0) is 157 Å².